The van der Waals surface area contributed by atoms with Crippen LogP contribution in [0.25, 0.3) is 0 Å². The van der Waals surface area contributed by atoms with Crippen LogP contribution in [0, 0.1) is 22.7 Å². The second-order valence-corrected chi connectivity index (χ2v) is 4.66. The number of amides is 1. The molecular formula is C13H20N2O. The number of hydrogen-bond acceptors (Lipinski definition) is 2. The number of allylic oxidation sites excluding steroid dienone is 2. The van der Waals surface area contributed by atoms with Crippen molar-refractivity contribution in [3.63, 3.8) is 0 Å². The average Bonchev–Trinajstić information content (AvgIpc) is 2.36. The van der Waals surface area contributed by atoms with Crippen molar-refractivity contribution in [2.24, 2.45) is 11.3 Å². The summed E-state index contributed by atoms with van der Waals surface area (Å²) in [4.78, 5) is 11.8. The minimum Gasteiger partial charge on any atom is -0.354 e. The minimum atomic E-state index is -0.871. The third-order valence-corrected chi connectivity index (χ3v) is 3.38. The molecule has 88 valence electrons. The number of nitriles is 1. The summed E-state index contributed by atoms with van der Waals surface area (Å²) in [6.07, 6.45) is 8.18. The Kier molecular flexibility index (Phi) is 4.54. The van der Waals surface area contributed by atoms with Gasteiger partial charge in [0.25, 0.3) is 0 Å². The summed E-state index contributed by atoms with van der Waals surface area (Å²) in [5.41, 5.74) is -0.871. The van der Waals surface area contributed by atoms with Gasteiger partial charge in [0.05, 0.1) is 6.07 Å². The lowest BCUT2D eigenvalue weighted by Gasteiger charge is -2.22. The van der Waals surface area contributed by atoms with E-state index < -0.39 is 5.41 Å². The van der Waals surface area contributed by atoms with Crippen molar-refractivity contribution in [2.45, 2.75) is 39.5 Å². The predicted octanol–water partition coefficient (Wildman–Crippen LogP) is 2.40. The standard InChI is InChI=1S/C13H20N2O/c1-3-13(2,10-14)12(16)15-9-11-7-5-4-6-8-11/h4-5,11H,3,6-9H2,1-2H3,(H,15,16). The number of carbonyl (C=O) groups excluding carboxylic acids is 1. The van der Waals surface area contributed by atoms with Crippen LogP contribution in [0.5, 0.6) is 0 Å². The van der Waals surface area contributed by atoms with E-state index in [-0.39, 0.29) is 5.91 Å². The lowest BCUT2D eigenvalue weighted by atomic mass is 9.87. The first kappa shape index (κ1) is 12.8. The normalized spacial score (nSPS) is 23.2. The summed E-state index contributed by atoms with van der Waals surface area (Å²) in [6, 6.07) is 2.09. The summed E-state index contributed by atoms with van der Waals surface area (Å²) in [5.74, 6) is 0.404. The Morgan fingerprint density at radius 2 is 2.38 bits per heavy atom. The second kappa shape index (κ2) is 5.69. The first-order valence-corrected chi connectivity index (χ1v) is 5.97. The molecule has 1 N–H and O–H groups in total. The van der Waals surface area contributed by atoms with Gasteiger partial charge in [0, 0.05) is 6.54 Å². The Labute approximate surface area is 97.5 Å². The van der Waals surface area contributed by atoms with Gasteiger partial charge in [-0.15, -0.1) is 0 Å². The molecule has 0 bridgehead atoms. The molecule has 3 heteroatoms. The Morgan fingerprint density at radius 1 is 1.62 bits per heavy atom. The molecule has 0 radical (unpaired) electrons. The topological polar surface area (TPSA) is 52.9 Å². The van der Waals surface area contributed by atoms with E-state index >= 15 is 0 Å². The third-order valence-electron chi connectivity index (χ3n) is 3.38. The monoisotopic (exact) mass is 220 g/mol. The maximum absolute atomic E-state index is 11.8. The van der Waals surface area contributed by atoms with Crippen LogP contribution in [0.1, 0.15) is 39.5 Å². The lowest BCUT2D eigenvalue weighted by molar-refractivity contribution is -0.127. The van der Waals surface area contributed by atoms with Crippen LogP contribution in [0.4, 0.5) is 0 Å². The highest BCUT2D eigenvalue weighted by molar-refractivity contribution is 5.84. The van der Waals surface area contributed by atoms with Crippen molar-refractivity contribution in [3.8, 4) is 6.07 Å². The molecule has 0 aliphatic heterocycles. The zero-order chi connectivity index (χ0) is 12.0. The van der Waals surface area contributed by atoms with E-state index in [9.17, 15) is 4.79 Å². The zero-order valence-electron chi connectivity index (χ0n) is 10.1. The van der Waals surface area contributed by atoms with Crippen LogP contribution in [-0.2, 0) is 4.79 Å². The Bertz CT molecular complexity index is 316. The molecule has 0 saturated heterocycles. The number of nitrogens with zero attached hydrogens (tertiary/aromatic N) is 1. The third kappa shape index (κ3) is 3.10. The van der Waals surface area contributed by atoms with Crippen molar-refractivity contribution in [1.82, 2.24) is 5.32 Å². The highest BCUT2D eigenvalue weighted by atomic mass is 16.2. The van der Waals surface area contributed by atoms with Gasteiger partial charge in [0.15, 0.2) is 0 Å². The van der Waals surface area contributed by atoms with Crippen LogP contribution in [0.3, 0.4) is 0 Å². The molecule has 0 aromatic carbocycles. The zero-order valence-corrected chi connectivity index (χ0v) is 10.1. The van der Waals surface area contributed by atoms with Gasteiger partial charge in [-0.3, -0.25) is 4.79 Å². The molecule has 0 heterocycles. The molecule has 2 unspecified atom stereocenters. The first-order chi connectivity index (χ1) is 7.62. The van der Waals surface area contributed by atoms with Gasteiger partial charge in [-0.25, -0.2) is 0 Å². The molecule has 0 saturated carbocycles. The quantitative estimate of drug-likeness (QED) is 0.740. The number of hydrogen-bond donors (Lipinski definition) is 1. The molecule has 1 amide bonds. The summed E-state index contributed by atoms with van der Waals surface area (Å²) >= 11 is 0. The van der Waals surface area contributed by atoms with Crippen LogP contribution >= 0.6 is 0 Å². The van der Waals surface area contributed by atoms with E-state index in [1.165, 1.54) is 0 Å². The van der Waals surface area contributed by atoms with E-state index in [1.54, 1.807) is 6.92 Å². The van der Waals surface area contributed by atoms with Gasteiger partial charge in [-0.2, -0.15) is 5.26 Å². The molecule has 0 spiro atoms. The first-order valence-electron chi connectivity index (χ1n) is 5.97. The highest BCUT2D eigenvalue weighted by Gasteiger charge is 2.31. The van der Waals surface area contributed by atoms with Crippen LogP contribution < -0.4 is 5.32 Å². The van der Waals surface area contributed by atoms with Crippen molar-refractivity contribution in [3.05, 3.63) is 12.2 Å². The lowest BCUT2D eigenvalue weighted by Crippen LogP contribution is -2.40. The average molecular weight is 220 g/mol. The van der Waals surface area contributed by atoms with Crippen molar-refractivity contribution < 1.29 is 4.79 Å². The molecule has 1 rings (SSSR count). The fourth-order valence-corrected chi connectivity index (χ4v) is 1.76. The molecule has 0 aromatic heterocycles. The Hall–Kier alpha value is -1.30. The number of nitrogens with one attached hydrogen (secondary N) is 1. The Balaban J connectivity index is 2.40. The van der Waals surface area contributed by atoms with Crippen molar-refractivity contribution >= 4 is 5.91 Å². The predicted molar refractivity (Wildman–Crippen MR) is 63.5 cm³/mol. The van der Waals surface area contributed by atoms with Crippen LogP contribution in [0.15, 0.2) is 12.2 Å². The summed E-state index contributed by atoms with van der Waals surface area (Å²) in [5, 5.41) is 11.9. The van der Waals surface area contributed by atoms with E-state index in [0.717, 1.165) is 19.3 Å². The molecule has 0 fully saturated rings. The van der Waals surface area contributed by atoms with Gasteiger partial charge < -0.3 is 5.32 Å². The smallest absolute Gasteiger partial charge is 0.240 e. The summed E-state index contributed by atoms with van der Waals surface area (Å²) in [6.45, 7) is 4.26. The van der Waals surface area contributed by atoms with Gasteiger partial charge in [0.1, 0.15) is 5.41 Å². The summed E-state index contributed by atoms with van der Waals surface area (Å²) in [7, 11) is 0. The Morgan fingerprint density at radius 3 is 2.88 bits per heavy atom. The van der Waals surface area contributed by atoms with Gasteiger partial charge >= 0.3 is 0 Å². The maximum atomic E-state index is 11.8. The van der Waals surface area contributed by atoms with Gasteiger partial charge in [0.2, 0.25) is 5.91 Å². The second-order valence-electron chi connectivity index (χ2n) is 4.66. The van der Waals surface area contributed by atoms with Gasteiger partial charge in [-0.1, -0.05) is 19.1 Å². The van der Waals surface area contributed by atoms with E-state index in [0.29, 0.717) is 18.9 Å². The SMILES string of the molecule is CCC(C)(C#N)C(=O)NCC1CC=CCC1. The molecule has 1 aliphatic rings. The molecule has 16 heavy (non-hydrogen) atoms. The van der Waals surface area contributed by atoms with E-state index in [1.807, 2.05) is 6.92 Å². The molecule has 3 nitrogen and oxygen atoms in total. The van der Waals surface area contributed by atoms with Gasteiger partial charge in [-0.05, 0) is 38.5 Å². The fourth-order valence-electron chi connectivity index (χ4n) is 1.76. The molecule has 0 aromatic rings. The van der Waals surface area contributed by atoms with E-state index in [2.05, 4.69) is 23.5 Å². The molecule has 2 atom stereocenters. The number of carbonyl (C=O) groups is 1. The highest BCUT2D eigenvalue weighted by Crippen LogP contribution is 2.21. The summed E-state index contributed by atoms with van der Waals surface area (Å²) < 4.78 is 0. The fraction of sp³-hybridized carbons (Fsp3) is 0.692. The largest absolute Gasteiger partial charge is 0.354 e. The van der Waals surface area contributed by atoms with Crippen molar-refractivity contribution in [2.75, 3.05) is 6.54 Å². The number of rotatable bonds is 4. The molecular weight excluding hydrogens is 200 g/mol. The molecule has 1 aliphatic carbocycles. The van der Waals surface area contributed by atoms with Crippen molar-refractivity contribution in [1.29, 1.82) is 5.26 Å². The van der Waals surface area contributed by atoms with E-state index in [4.69, 9.17) is 5.26 Å². The minimum absolute atomic E-state index is 0.132. The van der Waals surface area contributed by atoms with Crippen LogP contribution in [0.2, 0.25) is 0 Å². The van der Waals surface area contributed by atoms with Crippen LogP contribution in [-0.4, -0.2) is 12.5 Å². The maximum Gasteiger partial charge on any atom is 0.240 e.